The van der Waals surface area contributed by atoms with Crippen molar-refractivity contribution in [3.05, 3.63) is 86.4 Å². The molecule has 0 spiro atoms. The summed E-state index contributed by atoms with van der Waals surface area (Å²) < 4.78 is 16.2. The van der Waals surface area contributed by atoms with Gasteiger partial charge in [-0.3, -0.25) is 14.5 Å². The topological polar surface area (TPSA) is 109 Å². The molecule has 0 radical (unpaired) electrons. The molecule has 1 saturated carbocycles. The number of ether oxygens (including phenoxy) is 3. The van der Waals surface area contributed by atoms with Crippen molar-refractivity contribution in [2.24, 2.45) is 0 Å². The Morgan fingerprint density at radius 1 is 0.979 bits per heavy atom. The summed E-state index contributed by atoms with van der Waals surface area (Å²) in [5.74, 6) is 0.652. The Kier molecular flexibility index (Phi) is 11.7. The van der Waals surface area contributed by atoms with Gasteiger partial charge >= 0.3 is 6.09 Å². The molecule has 2 aliphatic rings. The minimum absolute atomic E-state index is 0.0739. The molecular weight excluding hydrogens is 667 g/mol. The molecule has 13 heteroatoms. The van der Waals surface area contributed by atoms with Gasteiger partial charge in [-0.05, 0) is 85.3 Å². The van der Waals surface area contributed by atoms with Gasteiger partial charge in [0.15, 0.2) is 5.75 Å². The van der Waals surface area contributed by atoms with Crippen LogP contribution in [0, 0.1) is 6.92 Å². The Balaban J connectivity index is 1.23. The average molecular weight is 704 g/mol. The fraction of sp³-hybridized carbons (Fsp3) is 0.382. The van der Waals surface area contributed by atoms with Gasteiger partial charge in [-0.15, -0.1) is 0 Å². The summed E-state index contributed by atoms with van der Waals surface area (Å²) in [6.45, 7) is 3.53. The van der Waals surface area contributed by atoms with Crippen molar-refractivity contribution < 1.29 is 28.6 Å². The molecule has 1 saturated heterocycles. The zero-order valence-electron chi connectivity index (χ0n) is 26.2. The molecule has 3 amide bonds. The number of hydrogen-bond donors (Lipinski definition) is 2. The van der Waals surface area contributed by atoms with Crippen LogP contribution in [0.5, 0.6) is 11.5 Å². The molecule has 0 aromatic heterocycles. The molecular formula is C34H37Cl3N4O6. The van der Waals surface area contributed by atoms with E-state index >= 15 is 0 Å². The van der Waals surface area contributed by atoms with Crippen LogP contribution in [0.3, 0.4) is 0 Å². The summed E-state index contributed by atoms with van der Waals surface area (Å²) in [6, 6.07) is 15.6. The lowest BCUT2D eigenvalue weighted by Gasteiger charge is -2.38. The molecule has 47 heavy (non-hydrogen) atoms. The number of aryl methyl sites for hydroxylation is 1. The first-order chi connectivity index (χ1) is 22.6. The standard InChI is InChI=1S/C34H37Cl3N4O6/c1-21-15-28(36)32(29(37)16-21)47-14-13-46-26-8-6-25(7-9-26)41-30(18-38-19-31(41)42)33(43)40(24-4-5-24)20-23-17-22(3-10-27(23)35)11-12-39-34(44)45-2/h3,6-10,15-17,24,30,38H,4-5,11-14,18-20H2,1-2H3,(H,39,44)/t30-/m1/s1. The van der Waals surface area contributed by atoms with E-state index in [1.807, 2.05) is 24.0 Å². The third-order valence-electron chi connectivity index (χ3n) is 7.93. The maximum atomic E-state index is 14.1. The van der Waals surface area contributed by atoms with E-state index in [0.717, 1.165) is 29.5 Å². The fourth-order valence-electron chi connectivity index (χ4n) is 5.45. The lowest BCUT2D eigenvalue weighted by molar-refractivity contribution is -0.136. The molecule has 3 aromatic carbocycles. The number of nitrogens with one attached hydrogen (secondary N) is 2. The number of methoxy groups -OCH3 is 1. The van der Waals surface area contributed by atoms with Gasteiger partial charge in [-0.1, -0.05) is 46.9 Å². The molecule has 250 valence electrons. The molecule has 3 aromatic rings. The fourth-order valence-corrected chi connectivity index (χ4v) is 6.34. The zero-order valence-corrected chi connectivity index (χ0v) is 28.5. The van der Waals surface area contributed by atoms with Crippen molar-refractivity contribution in [1.82, 2.24) is 15.5 Å². The van der Waals surface area contributed by atoms with Crippen molar-refractivity contribution in [2.45, 2.75) is 44.8 Å². The highest BCUT2D eigenvalue weighted by molar-refractivity contribution is 6.37. The quantitative estimate of drug-likeness (QED) is 0.217. The number of alkyl carbamates (subject to hydrolysis) is 1. The third-order valence-corrected chi connectivity index (χ3v) is 8.86. The minimum Gasteiger partial charge on any atom is -0.490 e. The van der Waals surface area contributed by atoms with Crippen molar-refractivity contribution in [3.8, 4) is 11.5 Å². The highest BCUT2D eigenvalue weighted by Crippen LogP contribution is 2.35. The van der Waals surface area contributed by atoms with E-state index in [-0.39, 0.29) is 37.6 Å². The van der Waals surface area contributed by atoms with Gasteiger partial charge in [0, 0.05) is 36.4 Å². The second kappa shape index (κ2) is 15.9. The van der Waals surface area contributed by atoms with Crippen LogP contribution in [0.15, 0.2) is 54.6 Å². The monoisotopic (exact) mass is 702 g/mol. The van der Waals surface area contributed by atoms with Crippen LogP contribution in [0.1, 0.15) is 29.5 Å². The lowest BCUT2D eigenvalue weighted by atomic mass is 10.1. The molecule has 1 heterocycles. The molecule has 0 unspecified atom stereocenters. The van der Waals surface area contributed by atoms with Crippen molar-refractivity contribution in [3.63, 3.8) is 0 Å². The number of nitrogens with zero attached hydrogens (tertiary/aromatic N) is 2. The zero-order chi connectivity index (χ0) is 33.5. The highest BCUT2D eigenvalue weighted by Gasteiger charge is 2.41. The molecule has 1 aliphatic carbocycles. The number of carbonyl (C=O) groups excluding carboxylic acids is 3. The van der Waals surface area contributed by atoms with Gasteiger partial charge in [-0.2, -0.15) is 0 Å². The van der Waals surface area contributed by atoms with Gasteiger partial charge in [-0.25, -0.2) is 4.79 Å². The first-order valence-electron chi connectivity index (χ1n) is 15.4. The predicted octanol–water partition coefficient (Wildman–Crippen LogP) is 5.81. The summed E-state index contributed by atoms with van der Waals surface area (Å²) in [4.78, 5) is 42.2. The first-order valence-corrected chi connectivity index (χ1v) is 16.5. The first kappa shape index (κ1) is 34.6. The normalized spacial score (nSPS) is 16.1. The van der Waals surface area contributed by atoms with Crippen LogP contribution in [-0.4, -0.2) is 74.8 Å². The molecule has 0 bridgehead atoms. The van der Waals surface area contributed by atoms with E-state index in [2.05, 4.69) is 15.4 Å². The van der Waals surface area contributed by atoms with E-state index in [1.54, 1.807) is 47.4 Å². The van der Waals surface area contributed by atoms with E-state index < -0.39 is 12.1 Å². The number of rotatable bonds is 13. The minimum atomic E-state index is -0.729. The van der Waals surface area contributed by atoms with Crippen LogP contribution >= 0.6 is 34.8 Å². The van der Waals surface area contributed by atoms with Gasteiger partial charge in [0.1, 0.15) is 25.0 Å². The Labute approximate surface area is 289 Å². The van der Waals surface area contributed by atoms with Crippen molar-refractivity contribution in [2.75, 3.05) is 44.9 Å². The van der Waals surface area contributed by atoms with Crippen LogP contribution in [0.4, 0.5) is 10.5 Å². The summed E-state index contributed by atoms with van der Waals surface area (Å²) in [6.07, 6.45) is 1.86. The number of benzene rings is 3. The molecule has 1 aliphatic heterocycles. The average Bonchev–Trinajstić information content (AvgIpc) is 3.89. The number of carbonyl (C=O) groups is 3. The van der Waals surface area contributed by atoms with Crippen LogP contribution in [0.25, 0.3) is 0 Å². The smallest absolute Gasteiger partial charge is 0.406 e. The third kappa shape index (κ3) is 9.01. The number of piperazine rings is 1. The molecule has 1 atom stereocenters. The summed E-state index contributed by atoms with van der Waals surface area (Å²) in [5.41, 5.74) is 3.32. The molecule has 2 fully saturated rings. The Morgan fingerprint density at radius 2 is 1.68 bits per heavy atom. The van der Waals surface area contributed by atoms with Crippen molar-refractivity contribution >= 4 is 58.4 Å². The Morgan fingerprint density at radius 3 is 2.36 bits per heavy atom. The van der Waals surface area contributed by atoms with Gasteiger partial charge in [0.25, 0.3) is 0 Å². The molecule has 2 N–H and O–H groups in total. The van der Waals surface area contributed by atoms with Crippen LogP contribution < -0.4 is 25.0 Å². The van der Waals surface area contributed by atoms with Gasteiger partial charge < -0.3 is 29.7 Å². The number of anilines is 1. The van der Waals surface area contributed by atoms with E-state index in [4.69, 9.17) is 44.3 Å². The summed E-state index contributed by atoms with van der Waals surface area (Å²) in [7, 11) is 1.32. The predicted molar refractivity (Wildman–Crippen MR) is 182 cm³/mol. The Hall–Kier alpha value is -3.70. The van der Waals surface area contributed by atoms with E-state index in [1.165, 1.54) is 7.11 Å². The number of amides is 3. The lowest BCUT2D eigenvalue weighted by Crippen LogP contribution is -2.61. The second-order valence-electron chi connectivity index (χ2n) is 11.5. The maximum Gasteiger partial charge on any atom is 0.406 e. The number of halogens is 3. The van der Waals surface area contributed by atoms with E-state index in [0.29, 0.717) is 58.3 Å². The summed E-state index contributed by atoms with van der Waals surface area (Å²) >= 11 is 19.1. The van der Waals surface area contributed by atoms with Crippen LogP contribution in [-0.2, 0) is 27.3 Å². The van der Waals surface area contributed by atoms with E-state index in [9.17, 15) is 14.4 Å². The van der Waals surface area contributed by atoms with Crippen LogP contribution in [0.2, 0.25) is 15.1 Å². The maximum absolute atomic E-state index is 14.1. The SMILES string of the molecule is COC(=O)NCCc1ccc(Cl)c(CN(C(=O)[C@H]2CNCC(=O)N2c2ccc(OCCOc3c(Cl)cc(C)cc3Cl)cc2)C2CC2)c1. The Bertz CT molecular complexity index is 1580. The molecule has 10 nitrogen and oxygen atoms in total. The largest absolute Gasteiger partial charge is 0.490 e. The highest BCUT2D eigenvalue weighted by atomic mass is 35.5. The number of hydrogen-bond acceptors (Lipinski definition) is 7. The van der Waals surface area contributed by atoms with Gasteiger partial charge in [0.05, 0.1) is 23.7 Å². The van der Waals surface area contributed by atoms with Crippen molar-refractivity contribution in [1.29, 1.82) is 0 Å². The van der Waals surface area contributed by atoms with Gasteiger partial charge in [0.2, 0.25) is 11.8 Å². The molecule has 5 rings (SSSR count). The second-order valence-corrected chi connectivity index (χ2v) is 12.7. The summed E-state index contributed by atoms with van der Waals surface area (Å²) in [5, 5.41) is 7.20.